The van der Waals surface area contributed by atoms with E-state index in [4.69, 9.17) is 0 Å². The van der Waals surface area contributed by atoms with Crippen molar-refractivity contribution < 1.29 is 4.79 Å². The Hall–Kier alpha value is -1.59. The number of amides is 2. The lowest BCUT2D eigenvalue weighted by molar-refractivity contribution is 0.142. The lowest BCUT2D eigenvalue weighted by atomic mass is 9.86. The summed E-state index contributed by atoms with van der Waals surface area (Å²) in [6.45, 7) is 5.95. The van der Waals surface area contributed by atoms with Gasteiger partial charge < -0.3 is 15.5 Å². The fourth-order valence-corrected chi connectivity index (χ4v) is 4.49. The van der Waals surface area contributed by atoms with E-state index in [9.17, 15) is 4.79 Å². The van der Waals surface area contributed by atoms with E-state index in [2.05, 4.69) is 51.7 Å². The zero-order valence-corrected chi connectivity index (χ0v) is 17.5. The zero-order chi connectivity index (χ0) is 19.6. The highest BCUT2D eigenvalue weighted by Crippen LogP contribution is 2.27. The van der Waals surface area contributed by atoms with Crippen molar-refractivity contribution in [1.82, 2.24) is 20.4 Å². The molecular weight excluding hydrogens is 348 g/mol. The standard InChI is InChI=1S/C23H38N4O/c1-26-15-17-27(18-16-26)19-22(21-12-6-3-7-13-21)25-23(28)24-14-8-11-20-9-4-2-5-10-20/h3,6-7,12-13,20,22H,2,4-5,8-11,14-19H2,1H3,(H2,24,25,28). The van der Waals surface area contributed by atoms with E-state index in [0.29, 0.717) is 0 Å². The van der Waals surface area contributed by atoms with Crippen molar-refractivity contribution in [2.24, 2.45) is 5.92 Å². The molecule has 1 saturated heterocycles. The summed E-state index contributed by atoms with van der Waals surface area (Å²) in [5.41, 5.74) is 1.18. The molecule has 2 N–H and O–H groups in total. The first kappa shape index (κ1) is 21.1. The number of urea groups is 1. The fourth-order valence-electron chi connectivity index (χ4n) is 4.49. The maximum atomic E-state index is 12.5. The summed E-state index contributed by atoms with van der Waals surface area (Å²) in [5, 5.41) is 6.31. The molecule has 0 radical (unpaired) electrons. The number of nitrogens with one attached hydrogen (secondary N) is 2. The number of hydrogen-bond donors (Lipinski definition) is 2. The van der Waals surface area contributed by atoms with Crippen LogP contribution >= 0.6 is 0 Å². The van der Waals surface area contributed by atoms with Gasteiger partial charge in [0.25, 0.3) is 0 Å². The normalized spacial score (nSPS) is 20.6. The van der Waals surface area contributed by atoms with Crippen LogP contribution in [0.1, 0.15) is 56.6 Å². The zero-order valence-electron chi connectivity index (χ0n) is 17.5. The predicted octanol–water partition coefficient (Wildman–Crippen LogP) is 3.63. The summed E-state index contributed by atoms with van der Waals surface area (Å²) in [7, 11) is 2.17. The van der Waals surface area contributed by atoms with Crippen LogP contribution in [-0.4, -0.2) is 62.1 Å². The number of carbonyl (C=O) groups excluding carboxylic acids is 1. The topological polar surface area (TPSA) is 47.6 Å². The third-order valence-electron chi connectivity index (χ3n) is 6.34. The van der Waals surface area contributed by atoms with Gasteiger partial charge in [0.1, 0.15) is 0 Å². The SMILES string of the molecule is CN1CCN(CC(NC(=O)NCCCC2CCCCC2)c2ccccc2)CC1. The highest BCUT2D eigenvalue weighted by Gasteiger charge is 2.21. The van der Waals surface area contributed by atoms with Crippen LogP contribution in [-0.2, 0) is 0 Å². The third-order valence-corrected chi connectivity index (χ3v) is 6.34. The molecule has 2 aliphatic rings. The van der Waals surface area contributed by atoms with Gasteiger partial charge in [-0.2, -0.15) is 0 Å². The summed E-state index contributed by atoms with van der Waals surface area (Å²) in [4.78, 5) is 17.3. The molecule has 1 aromatic rings. The molecule has 28 heavy (non-hydrogen) atoms. The Bertz CT molecular complexity index is 565. The Balaban J connectivity index is 1.44. The van der Waals surface area contributed by atoms with E-state index in [1.54, 1.807) is 0 Å². The van der Waals surface area contributed by atoms with Crippen molar-refractivity contribution >= 4 is 6.03 Å². The minimum Gasteiger partial charge on any atom is -0.338 e. The second-order valence-corrected chi connectivity index (χ2v) is 8.61. The minimum atomic E-state index is -0.0355. The Morgan fingerprint density at radius 3 is 2.50 bits per heavy atom. The number of hydrogen-bond acceptors (Lipinski definition) is 3. The van der Waals surface area contributed by atoms with Crippen LogP contribution in [0.5, 0.6) is 0 Å². The molecule has 156 valence electrons. The number of piperazine rings is 1. The Kier molecular flexibility index (Phi) is 8.62. The molecule has 1 aromatic carbocycles. The monoisotopic (exact) mass is 386 g/mol. The van der Waals surface area contributed by atoms with Crippen molar-refractivity contribution in [3.05, 3.63) is 35.9 Å². The molecule has 5 nitrogen and oxygen atoms in total. The predicted molar refractivity (Wildman–Crippen MR) is 115 cm³/mol. The average molecular weight is 387 g/mol. The molecule has 3 rings (SSSR count). The number of rotatable bonds is 8. The Labute approximate surface area is 170 Å². The molecule has 1 aliphatic heterocycles. The molecule has 5 heteroatoms. The van der Waals surface area contributed by atoms with Gasteiger partial charge in [-0.25, -0.2) is 4.79 Å². The molecule has 0 spiro atoms. The van der Waals surface area contributed by atoms with Gasteiger partial charge >= 0.3 is 6.03 Å². The minimum absolute atomic E-state index is 0.0305. The largest absolute Gasteiger partial charge is 0.338 e. The highest BCUT2D eigenvalue weighted by molar-refractivity contribution is 5.74. The molecular formula is C23H38N4O. The summed E-state index contributed by atoms with van der Waals surface area (Å²) < 4.78 is 0. The Morgan fingerprint density at radius 1 is 1.07 bits per heavy atom. The van der Waals surface area contributed by atoms with Crippen LogP contribution in [0.4, 0.5) is 4.79 Å². The maximum absolute atomic E-state index is 12.5. The maximum Gasteiger partial charge on any atom is 0.315 e. The second-order valence-electron chi connectivity index (χ2n) is 8.61. The fraction of sp³-hybridized carbons (Fsp3) is 0.696. The summed E-state index contributed by atoms with van der Waals surface area (Å²) in [6, 6.07) is 10.4. The number of likely N-dealkylation sites (N-methyl/N-ethyl adjacent to an activating group) is 1. The lowest BCUT2D eigenvalue weighted by Gasteiger charge is -2.35. The van der Waals surface area contributed by atoms with Crippen molar-refractivity contribution in [3.63, 3.8) is 0 Å². The molecule has 2 amide bonds. The van der Waals surface area contributed by atoms with E-state index >= 15 is 0 Å². The van der Waals surface area contributed by atoms with Crippen LogP contribution in [0.15, 0.2) is 30.3 Å². The summed E-state index contributed by atoms with van der Waals surface area (Å²) >= 11 is 0. The van der Waals surface area contributed by atoms with Crippen LogP contribution in [0.25, 0.3) is 0 Å². The van der Waals surface area contributed by atoms with E-state index < -0.39 is 0 Å². The molecule has 0 aromatic heterocycles. The van der Waals surface area contributed by atoms with Gasteiger partial charge in [0.15, 0.2) is 0 Å². The van der Waals surface area contributed by atoms with E-state index in [1.165, 1.54) is 44.1 Å². The van der Waals surface area contributed by atoms with Gasteiger partial charge in [0.05, 0.1) is 6.04 Å². The molecule has 2 fully saturated rings. The van der Waals surface area contributed by atoms with Crippen molar-refractivity contribution in [3.8, 4) is 0 Å². The van der Waals surface area contributed by atoms with Gasteiger partial charge in [-0.05, 0) is 31.4 Å². The summed E-state index contributed by atoms with van der Waals surface area (Å²) in [5.74, 6) is 0.882. The Morgan fingerprint density at radius 2 is 1.79 bits per heavy atom. The highest BCUT2D eigenvalue weighted by atomic mass is 16.2. The van der Waals surface area contributed by atoms with E-state index in [-0.39, 0.29) is 12.1 Å². The van der Waals surface area contributed by atoms with Crippen molar-refractivity contribution in [2.45, 2.75) is 51.0 Å². The molecule has 1 atom stereocenters. The quantitative estimate of drug-likeness (QED) is 0.671. The smallest absolute Gasteiger partial charge is 0.315 e. The molecule has 1 aliphatic carbocycles. The molecule has 0 bridgehead atoms. The second kappa shape index (κ2) is 11.4. The molecule has 1 saturated carbocycles. The van der Waals surface area contributed by atoms with Gasteiger partial charge in [-0.3, -0.25) is 4.90 Å². The number of benzene rings is 1. The van der Waals surface area contributed by atoms with Gasteiger partial charge in [-0.15, -0.1) is 0 Å². The van der Waals surface area contributed by atoms with Crippen molar-refractivity contribution in [2.75, 3.05) is 46.3 Å². The van der Waals surface area contributed by atoms with E-state index in [0.717, 1.165) is 51.6 Å². The third kappa shape index (κ3) is 7.10. The van der Waals surface area contributed by atoms with Crippen LogP contribution in [0, 0.1) is 5.92 Å². The first-order valence-corrected chi connectivity index (χ1v) is 11.2. The van der Waals surface area contributed by atoms with Gasteiger partial charge in [0, 0.05) is 39.3 Å². The van der Waals surface area contributed by atoms with Gasteiger partial charge in [0.2, 0.25) is 0 Å². The summed E-state index contributed by atoms with van der Waals surface area (Å²) in [6.07, 6.45) is 9.30. The van der Waals surface area contributed by atoms with Crippen molar-refractivity contribution in [1.29, 1.82) is 0 Å². The van der Waals surface area contributed by atoms with Crippen LogP contribution in [0.3, 0.4) is 0 Å². The first-order chi connectivity index (χ1) is 13.7. The molecule has 1 heterocycles. The molecule has 1 unspecified atom stereocenters. The number of carbonyl (C=O) groups is 1. The lowest BCUT2D eigenvalue weighted by Crippen LogP contribution is -2.49. The first-order valence-electron chi connectivity index (χ1n) is 11.2. The van der Waals surface area contributed by atoms with Crippen LogP contribution < -0.4 is 10.6 Å². The van der Waals surface area contributed by atoms with Gasteiger partial charge in [-0.1, -0.05) is 62.4 Å². The van der Waals surface area contributed by atoms with E-state index in [1.807, 2.05) is 6.07 Å². The number of nitrogens with zero attached hydrogens (tertiary/aromatic N) is 2. The average Bonchev–Trinajstić information content (AvgIpc) is 2.74. The van der Waals surface area contributed by atoms with Crippen LogP contribution in [0.2, 0.25) is 0 Å².